The van der Waals surface area contributed by atoms with E-state index in [0.717, 1.165) is 11.5 Å². The van der Waals surface area contributed by atoms with Gasteiger partial charge in [-0.1, -0.05) is 6.92 Å². The third kappa shape index (κ3) is 3.41. The van der Waals surface area contributed by atoms with Crippen molar-refractivity contribution in [2.45, 2.75) is 25.2 Å². The predicted octanol–water partition coefficient (Wildman–Crippen LogP) is 3.34. The second kappa shape index (κ2) is 6.33. The van der Waals surface area contributed by atoms with Crippen molar-refractivity contribution in [3.05, 3.63) is 69.8 Å². The molecule has 0 radical (unpaired) electrons. The Hall–Kier alpha value is -2.67. The summed E-state index contributed by atoms with van der Waals surface area (Å²) in [5.74, 6) is -0.458. The fourth-order valence-electron chi connectivity index (χ4n) is 2.58. The minimum absolute atomic E-state index is 0.0118. The SMILES string of the molecule is CCc1cc2cc(NS(=O)(=O)c3ccc(F)c(C)c3)ccc2[nH]c1=O. The highest BCUT2D eigenvalue weighted by Crippen LogP contribution is 2.22. The van der Waals surface area contributed by atoms with Crippen LogP contribution in [0.2, 0.25) is 0 Å². The van der Waals surface area contributed by atoms with Gasteiger partial charge in [-0.05, 0) is 61.4 Å². The van der Waals surface area contributed by atoms with Crippen LogP contribution in [-0.2, 0) is 16.4 Å². The Kier molecular flexibility index (Phi) is 4.34. The number of anilines is 1. The van der Waals surface area contributed by atoms with Crippen molar-refractivity contribution in [2.24, 2.45) is 0 Å². The molecular weight excluding hydrogens is 343 g/mol. The first-order valence-electron chi connectivity index (χ1n) is 7.75. The lowest BCUT2D eigenvalue weighted by Crippen LogP contribution is -2.14. The average Bonchev–Trinajstić information content (AvgIpc) is 2.56. The van der Waals surface area contributed by atoms with Crippen LogP contribution in [0, 0.1) is 12.7 Å². The number of nitrogens with one attached hydrogen (secondary N) is 2. The fourth-order valence-corrected chi connectivity index (χ4v) is 3.71. The van der Waals surface area contributed by atoms with Crippen LogP contribution in [0.25, 0.3) is 10.9 Å². The zero-order chi connectivity index (χ0) is 18.2. The number of sulfonamides is 1. The van der Waals surface area contributed by atoms with E-state index >= 15 is 0 Å². The van der Waals surface area contributed by atoms with E-state index < -0.39 is 15.8 Å². The van der Waals surface area contributed by atoms with Gasteiger partial charge >= 0.3 is 0 Å². The quantitative estimate of drug-likeness (QED) is 0.749. The molecule has 2 aromatic carbocycles. The van der Waals surface area contributed by atoms with Gasteiger partial charge in [-0.2, -0.15) is 0 Å². The summed E-state index contributed by atoms with van der Waals surface area (Å²) in [5, 5.41) is 0.729. The highest BCUT2D eigenvalue weighted by atomic mass is 32.2. The van der Waals surface area contributed by atoms with Crippen LogP contribution in [0.15, 0.2) is 52.2 Å². The molecule has 0 saturated heterocycles. The van der Waals surface area contributed by atoms with Crippen LogP contribution < -0.4 is 10.3 Å². The molecule has 0 aliphatic rings. The number of pyridine rings is 1. The maximum absolute atomic E-state index is 13.3. The number of hydrogen-bond donors (Lipinski definition) is 2. The molecule has 0 aliphatic carbocycles. The number of aromatic nitrogens is 1. The molecule has 0 aliphatic heterocycles. The predicted molar refractivity (Wildman–Crippen MR) is 95.9 cm³/mol. The van der Waals surface area contributed by atoms with E-state index in [0.29, 0.717) is 23.2 Å². The lowest BCUT2D eigenvalue weighted by Gasteiger charge is -2.10. The normalized spacial score (nSPS) is 11.6. The van der Waals surface area contributed by atoms with Gasteiger partial charge in [0.15, 0.2) is 0 Å². The first-order valence-corrected chi connectivity index (χ1v) is 9.23. The molecule has 0 atom stereocenters. The van der Waals surface area contributed by atoms with E-state index in [4.69, 9.17) is 0 Å². The first-order chi connectivity index (χ1) is 11.8. The zero-order valence-electron chi connectivity index (χ0n) is 13.8. The molecule has 0 spiro atoms. The molecule has 1 heterocycles. The summed E-state index contributed by atoms with van der Waals surface area (Å²) in [4.78, 5) is 14.6. The Morgan fingerprint density at radius 1 is 1.12 bits per heavy atom. The summed E-state index contributed by atoms with van der Waals surface area (Å²) in [6, 6.07) is 10.2. The Morgan fingerprint density at radius 3 is 2.56 bits per heavy atom. The minimum Gasteiger partial charge on any atom is -0.322 e. The summed E-state index contributed by atoms with van der Waals surface area (Å²) in [5.41, 5.74) is 1.73. The van der Waals surface area contributed by atoms with Gasteiger partial charge in [0, 0.05) is 22.2 Å². The molecule has 7 heteroatoms. The highest BCUT2D eigenvalue weighted by Gasteiger charge is 2.16. The highest BCUT2D eigenvalue weighted by molar-refractivity contribution is 7.92. The van der Waals surface area contributed by atoms with Crippen molar-refractivity contribution in [3.63, 3.8) is 0 Å². The van der Waals surface area contributed by atoms with E-state index in [1.54, 1.807) is 24.3 Å². The largest absolute Gasteiger partial charge is 0.322 e. The second-order valence-corrected chi connectivity index (χ2v) is 7.48. The molecule has 0 amide bonds. The number of hydrogen-bond acceptors (Lipinski definition) is 3. The molecule has 2 N–H and O–H groups in total. The second-order valence-electron chi connectivity index (χ2n) is 5.80. The standard InChI is InChI=1S/C18H17FN2O3S/c1-3-12-9-13-10-14(4-7-17(13)20-18(12)22)21-25(23,24)15-5-6-16(19)11(2)8-15/h4-10,21H,3H2,1-2H3,(H,20,22). The molecule has 0 fully saturated rings. The van der Waals surface area contributed by atoms with Crippen LogP contribution in [0.4, 0.5) is 10.1 Å². The van der Waals surface area contributed by atoms with Gasteiger partial charge in [-0.25, -0.2) is 12.8 Å². The summed E-state index contributed by atoms with van der Waals surface area (Å²) in [6.07, 6.45) is 0.579. The van der Waals surface area contributed by atoms with Crippen molar-refractivity contribution in [3.8, 4) is 0 Å². The van der Waals surface area contributed by atoms with E-state index in [1.807, 2.05) is 6.92 Å². The Morgan fingerprint density at radius 2 is 1.88 bits per heavy atom. The number of fused-ring (bicyclic) bond motifs is 1. The summed E-state index contributed by atoms with van der Waals surface area (Å²) in [7, 11) is -3.83. The van der Waals surface area contributed by atoms with Crippen LogP contribution >= 0.6 is 0 Å². The van der Waals surface area contributed by atoms with E-state index in [-0.39, 0.29) is 16.0 Å². The number of rotatable bonds is 4. The molecule has 25 heavy (non-hydrogen) atoms. The van der Waals surface area contributed by atoms with Gasteiger partial charge in [-0.3, -0.25) is 9.52 Å². The minimum atomic E-state index is -3.83. The summed E-state index contributed by atoms with van der Waals surface area (Å²) < 4.78 is 40.8. The van der Waals surface area contributed by atoms with Crippen molar-refractivity contribution < 1.29 is 12.8 Å². The smallest absolute Gasteiger partial charge is 0.261 e. The number of aryl methyl sites for hydroxylation is 2. The van der Waals surface area contributed by atoms with Crippen LogP contribution in [-0.4, -0.2) is 13.4 Å². The third-order valence-electron chi connectivity index (χ3n) is 3.99. The molecule has 130 valence electrons. The lowest BCUT2D eigenvalue weighted by atomic mass is 10.1. The molecule has 3 aromatic rings. The number of aromatic amines is 1. The van der Waals surface area contributed by atoms with Crippen molar-refractivity contribution in [2.75, 3.05) is 4.72 Å². The summed E-state index contributed by atoms with van der Waals surface area (Å²) >= 11 is 0. The molecule has 0 saturated carbocycles. The Labute approximate surface area is 144 Å². The van der Waals surface area contributed by atoms with Gasteiger partial charge in [-0.15, -0.1) is 0 Å². The number of halogens is 1. The number of benzene rings is 2. The van der Waals surface area contributed by atoms with Gasteiger partial charge in [0.25, 0.3) is 15.6 Å². The Bertz CT molecular complexity index is 1120. The average molecular weight is 360 g/mol. The lowest BCUT2D eigenvalue weighted by molar-refractivity contribution is 0.598. The zero-order valence-corrected chi connectivity index (χ0v) is 14.6. The fraction of sp³-hybridized carbons (Fsp3) is 0.167. The van der Waals surface area contributed by atoms with Crippen molar-refractivity contribution in [1.29, 1.82) is 0 Å². The van der Waals surface area contributed by atoms with E-state index in [1.165, 1.54) is 19.1 Å². The topological polar surface area (TPSA) is 79.0 Å². The molecule has 1 aromatic heterocycles. The van der Waals surface area contributed by atoms with Gasteiger partial charge < -0.3 is 4.98 Å². The Balaban J connectivity index is 2.00. The monoisotopic (exact) mass is 360 g/mol. The number of H-pyrrole nitrogens is 1. The van der Waals surface area contributed by atoms with E-state index in [9.17, 15) is 17.6 Å². The van der Waals surface area contributed by atoms with E-state index in [2.05, 4.69) is 9.71 Å². The molecule has 0 bridgehead atoms. The maximum atomic E-state index is 13.3. The van der Waals surface area contributed by atoms with Crippen molar-refractivity contribution >= 4 is 26.6 Å². The summed E-state index contributed by atoms with van der Waals surface area (Å²) in [6.45, 7) is 3.38. The molecule has 0 unspecified atom stereocenters. The molecule has 3 rings (SSSR count). The maximum Gasteiger partial charge on any atom is 0.261 e. The van der Waals surface area contributed by atoms with Crippen LogP contribution in [0.3, 0.4) is 0 Å². The third-order valence-corrected chi connectivity index (χ3v) is 5.37. The van der Waals surface area contributed by atoms with Crippen molar-refractivity contribution in [1.82, 2.24) is 4.98 Å². The van der Waals surface area contributed by atoms with Gasteiger partial charge in [0.05, 0.1) is 4.90 Å². The van der Waals surface area contributed by atoms with Crippen LogP contribution in [0.5, 0.6) is 0 Å². The van der Waals surface area contributed by atoms with Gasteiger partial charge in [0.2, 0.25) is 0 Å². The van der Waals surface area contributed by atoms with Crippen LogP contribution in [0.1, 0.15) is 18.1 Å². The molecule has 5 nitrogen and oxygen atoms in total. The molecular formula is C18H17FN2O3S. The first kappa shape index (κ1) is 17.2. The van der Waals surface area contributed by atoms with Gasteiger partial charge in [0.1, 0.15) is 5.82 Å².